The first kappa shape index (κ1) is 16.9. The van der Waals surface area contributed by atoms with E-state index in [1.54, 1.807) is 7.11 Å². The molecule has 1 saturated carbocycles. The van der Waals surface area contributed by atoms with Gasteiger partial charge in [0, 0.05) is 19.6 Å². The second kappa shape index (κ2) is 8.92. The molecular formula is C14H26N2O4. The number of aliphatic carboxylic acids is 1. The number of nitrogens with one attached hydrogen (secondary N) is 1. The van der Waals surface area contributed by atoms with E-state index < -0.39 is 12.0 Å². The van der Waals surface area contributed by atoms with Crippen molar-refractivity contribution in [1.82, 2.24) is 5.32 Å². The maximum Gasteiger partial charge on any atom is 0.326 e. The van der Waals surface area contributed by atoms with Gasteiger partial charge < -0.3 is 20.9 Å². The van der Waals surface area contributed by atoms with Gasteiger partial charge in [-0.05, 0) is 38.1 Å². The van der Waals surface area contributed by atoms with E-state index in [0.29, 0.717) is 26.0 Å². The number of amides is 1. The number of rotatable bonds is 8. The van der Waals surface area contributed by atoms with Crippen LogP contribution >= 0.6 is 0 Å². The zero-order valence-corrected chi connectivity index (χ0v) is 12.1. The fourth-order valence-corrected chi connectivity index (χ4v) is 2.80. The molecule has 1 fully saturated rings. The molecule has 0 aromatic rings. The minimum absolute atomic E-state index is 0.141. The van der Waals surface area contributed by atoms with Crippen LogP contribution in [0.25, 0.3) is 0 Å². The molecule has 0 spiro atoms. The van der Waals surface area contributed by atoms with Crippen LogP contribution in [0.5, 0.6) is 0 Å². The third-order valence-electron chi connectivity index (χ3n) is 4.00. The molecule has 0 saturated heterocycles. The van der Waals surface area contributed by atoms with Gasteiger partial charge >= 0.3 is 5.97 Å². The van der Waals surface area contributed by atoms with Gasteiger partial charge in [0.1, 0.15) is 6.04 Å². The number of carboxylic acid groups (broad SMARTS) is 1. The molecule has 4 N–H and O–H groups in total. The lowest BCUT2D eigenvalue weighted by molar-refractivity contribution is -0.143. The van der Waals surface area contributed by atoms with Gasteiger partial charge in [-0.15, -0.1) is 0 Å². The maximum atomic E-state index is 12.3. The third kappa shape index (κ3) is 5.09. The normalized spacial score (nSPS) is 24.1. The Hall–Kier alpha value is -1.14. The summed E-state index contributed by atoms with van der Waals surface area (Å²) in [4.78, 5) is 23.4. The second-order valence-electron chi connectivity index (χ2n) is 5.42. The van der Waals surface area contributed by atoms with Crippen molar-refractivity contribution in [3.63, 3.8) is 0 Å². The molecule has 20 heavy (non-hydrogen) atoms. The van der Waals surface area contributed by atoms with Gasteiger partial charge in [-0.3, -0.25) is 4.79 Å². The highest BCUT2D eigenvalue weighted by atomic mass is 16.5. The molecule has 1 aliphatic rings. The highest BCUT2D eigenvalue weighted by molar-refractivity contribution is 5.85. The predicted octanol–water partition coefficient (Wildman–Crippen LogP) is 0.748. The Morgan fingerprint density at radius 3 is 2.70 bits per heavy atom. The van der Waals surface area contributed by atoms with Crippen molar-refractivity contribution < 1.29 is 19.4 Å². The summed E-state index contributed by atoms with van der Waals surface area (Å²) in [6.07, 6.45) is 4.86. The first-order valence-corrected chi connectivity index (χ1v) is 7.32. The Bertz CT molecular complexity index is 322. The lowest BCUT2D eigenvalue weighted by atomic mass is 9.78. The molecule has 6 heteroatoms. The van der Waals surface area contributed by atoms with Crippen LogP contribution in [0.3, 0.4) is 0 Å². The molecule has 1 rings (SSSR count). The van der Waals surface area contributed by atoms with Gasteiger partial charge in [0.2, 0.25) is 5.91 Å². The van der Waals surface area contributed by atoms with Crippen LogP contribution in [0.2, 0.25) is 0 Å². The summed E-state index contributed by atoms with van der Waals surface area (Å²) in [5, 5.41) is 11.8. The molecule has 1 aliphatic carbocycles. The Morgan fingerprint density at radius 2 is 2.10 bits per heavy atom. The molecule has 1 amide bonds. The lowest BCUT2D eigenvalue weighted by Gasteiger charge is -2.30. The molecular weight excluding hydrogens is 260 g/mol. The first-order valence-electron chi connectivity index (χ1n) is 7.32. The van der Waals surface area contributed by atoms with Crippen LogP contribution in [-0.2, 0) is 14.3 Å². The smallest absolute Gasteiger partial charge is 0.326 e. The van der Waals surface area contributed by atoms with Gasteiger partial charge in [-0.2, -0.15) is 0 Å². The zero-order chi connectivity index (χ0) is 15.0. The average molecular weight is 286 g/mol. The van der Waals surface area contributed by atoms with E-state index in [1.807, 2.05) is 0 Å². The zero-order valence-electron chi connectivity index (χ0n) is 12.1. The quantitative estimate of drug-likeness (QED) is 0.571. The van der Waals surface area contributed by atoms with E-state index in [9.17, 15) is 9.59 Å². The van der Waals surface area contributed by atoms with Gasteiger partial charge in [0.05, 0.1) is 0 Å². The molecule has 0 radical (unpaired) electrons. The number of ether oxygens (including phenoxy) is 1. The number of carbonyl (C=O) groups excluding carboxylic acids is 1. The Labute approximate surface area is 120 Å². The highest BCUT2D eigenvalue weighted by Gasteiger charge is 2.32. The SMILES string of the molecule is COCCCC(NC(=O)C1CCCCC1CN)C(=O)O. The van der Waals surface area contributed by atoms with Crippen LogP contribution in [0.4, 0.5) is 0 Å². The Kier molecular flexibility index (Phi) is 7.54. The molecule has 6 nitrogen and oxygen atoms in total. The number of carboxylic acids is 1. The number of hydrogen-bond donors (Lipinski definition) is 3. The predicted molar refractivity (Wildman–Crippen MR) is 75.2 cm³/mol. The van der Waals surface area contributed by atoms with E-state index in [2.05, 4.69) is 5.32 Å². The summed E-state index contributed by atoms with van der Waals surface area (Å²) in [5.41, 5.74) is 5.71. The van der Waals surface area contributed by atoms with Crippen molar-refractivity contribution in [3.05, 3.63) is 0 Å². The summed E-state index contributed by atoms with van der Waals surface area (Å²) in [6, 6.07) is -0.835. The number of methoxy groups -OCH3 is 1. The van der Waals surface area contributed by atoms with Crippen LogP contribution < -0.4 is 11.1 Å². The van der Waals surface area contributed by atoms with Crippen LogP contribution in [-0.4, -0.2) is 43.3 Å². The molecule has 3 atom stereocenters. The van der Waals surface area contributed by atoms with Crippen molar-refractivity contribution in [3.8, 4) is 0 Å². The summed E-state index contributed by atoms with van der Waals surface area (Å²) in [5.74, 6) is -1.12. The van der Waals surface area contributed by atoms with E-state index in [-0.39, 0.29) is 17.7 Å². The van der Waals surface area contributed by atoms with E-state index in [1.165, 1.54) is 0 Å². The number of hydrogen-bond acceptors (Lipinski definition) is 4. The topological polar surface area (TPSA) is 102 Å². The fourth-order valence-electron chi connectivity index (χ4n) is 2.80. The summed E-state index contributed by atoms with van der Waals surface area (Å²) >= 11 is 0. The standard InChI is InChI=1S/C14H26N2O4/c1-20-8-4-7-12(14(18)19)16-13(17)11-6-3-2-5-10(11)9-15/h10-12H,2-9,15H2,1H3,(H,16,17)(H,18,19). The molecule has 0 aromatic heterocycles. The Balaban J connectivity index is 2.53. The fraction of sp³-hybridized carbons (Fsp3) is 0.857. The first-order chi connectivity index (χ1) is 9.60. The van der Waals surface area contributed by atoms with Crippen molar-refractivity contribution in [2.45, 2.75) is 44.6 Å². The summed E-state index contributed by atoms with van der Waals surface area (Å²) in [7, 11) is 1.57. The van der Waals surface area contributed by atoms with Crippen LogP contribution in [0, 0.1) is 11.8 Å². The van der Waals surface area contributed by atoms with Gasteiger partial charge in [-0.25, -0.2) is 4.79 Å². The molecule has 0 heterocycles. The third-order valence-corrected chi connectivity index (χ3v) is 4.00. The summed E-state index contributed by atoms with van der Waals surface area (Å²) in [6.45, 7) is 0.980. The molecule has 116 valence electrons. The van der Waals surface area contributed by atoms with Gasteiger partial charge in [0.15, 0.2) is 0 Å². The minimum Gasteiger partial charge on any atom is -0.480 e. The van der Waals surface area contributed by atoms with E-state index in [4.69, 9.17) is 15.6 Å². The van der Waals surface area contributed by atoms with Crippen LogP contribution in [0.1, 0.15) is 38.5 Å². The van der Waals surface area contributed by atoms with Crippen molar-refractivity contribution >= 4 is 11.9 Å². The molecule has 0 bridgehead atoms. The lowest BCUT2D eigenvalue weighted by Crippen LogP contribution is -2.47. The minimum atomic E-state index is -0.991. The van der Waals surface area contributed by atoms with Crippen LogP contribution in [0.15, 0.2) is 0 Å². The van der Waals surface area contributed by atoms with E-state index >= 15 is 0 Å². The largest absolute Gasteiger partial charge is 0.480 e. The van der Waals surface area contributed by atoms with Crippen molar-refractivity contribution in [2.24, 2.45) is 17.6 Å². The maximum absolute atomic E-state index is 12.3. The monoisotopic (exact) mass is 286 g/mol. The second-order valence-corrected chi connectivity index (χ2v) is 5.42. The molecule has 0 aliphatic heterocycles. The number of carbonyl (C=O) groups is 2. The molecule has 0 aromatic carbocycles. The highest BCUT2D eigenvalue weighted by Crippen LogP contribution is 2.29. The Morgan fingerprint density at radius 1 is 1.40 bits per heavy atom. The van der Waals surface area contributed by atoms with Gasteiger partial charge in [-0.1, -0.05) is 12.8 Å². The van der Waals surface area contributed by atoms with Crippen molar-refractivity contribution in [1.29, 1.82) is 0 Å². The van der Waals surface area contributed by atoms with E-state index in [0.717, 1.165) is 25.7 Å². The number of nitrogens with two attached hydrogens (primary N) is 1. The average Bonchev–Trinajstić information content (AvgIpc) is 2.46. The molecule has 3 unspecified atom stereocenters. The van der Waals surface area contributed by atoms with Gasteiger partial charge in [0.25, 0.3) is 0 Å². The van der Waals surface area contributed by atoms with Crippen molar-refractivity contribution in [2.75, 3.05) is 20.3 Å². The summed E-state index contributed by atoms with van der Waals surface area (Å²) < 4.78 is 4.91.